The van der Waals surface area contributed by atoms with Gasteiger partial charge in [-0.2, -0.15) is 0 Å². The molecule has 0 aromatic rings. The third-order valence-electron chi connectivity index (χ3n) is 2.54. The molecule has 0 aromatic carbocycles. The highest BCUT2D eigenvalue weighted by atomic mass is 15.1. The van der Waals surface area contributed by atoms with E-state index >= 15 is 0 Å². The molecule has 2 N–H and O–H groups in total. The standard InChI is InChI=1S/C11H18N2/c1-3-10(6-4-8-12)11-7-5-9-13(11)2/h3-4,6,8,11H,1,5,7,9,12H2,2H3/b8-4-,10-6+. The summed E-state index contributed by atoms with van der Waals surface area (Å²) in [5, 5.41) is 0. The second-order valence-electron chi connectivity index (χ2n) is 3.39. The predicted octanol–water partition coefficient (Wildman–Crippen LogP) is 1.67. The Morgan fingerprint density at radius 2 is 2.38 bits per heavy atom. The van der Waals surface area contributed by atoms with Gasteiger partial charge in [0.15, 0.2) is 0 Å². The number of hydrogen-bond acceptors (Lipinski definition) is 2. The largest absolute Gasteiger partial charge is 0.405 e. The SMILES string of the molecule is C=C/C(=C\C=C/N)C1CCCN1C. The summed E-state index contributed by atoms with van der Waals surface area (Å²) in [5.41, 5.74) is 6.56. The molecular formula is C11H18N2. The van der Waals surface area contributed by atoms with Crippen LogP contribution < -0.4 is 5.73 Å². The molecule has 0 amide bonds. The quantitative estimate of drug-likeness (QED) is 0.666. The average molecular weight is 178 g/mol. The summed E-state index contributed by atoms with van der Waals surface area (Å²) in [6.07, 6.45) is 9.89. The van der Waals surface area contributed by atoms with Crippen molar-refractivity contribution >= 4 is 0 Å². The zero-order valence-electron chi connectivity index (χ0n) is 8.24. The number of allylic oxidation sites excluding steroid dienone is 2. The number of hydrogen-bond donors (Lipinski definition) is 1. The number of rotatable bonds is 3. The molecule has 1 atom stereocenters. The Morgan fingerprint density at radius 1 is 1.62 bits per heavy atom. The molecule has 72 valence electrons. The summed E-state index contributed by atoms with van der Waals surface area (Å²) >= 11 is 0. The van der Waals surface area contributed by atoms with Gasteiger partial charge in [-0.1, -0.05) is 18.7 Å². The van der Waals surface area contributed by atoms with E-state index in [0.717, 1.165) is 0 Å². The Morgan fingerprint density at radius 3 is 2.85 bits per heavy atom. The Bertz CT molecular complexity index is 228. The molecule has 0 saturated carbocycles. The minimum Gasteiger partial charge on any atom is -0.405 e. The molecule has 0 aliphatic carbocycles. The van der Waals surface area contributed by atoms with E-state index in [1.807, 2.05) is 18.2 Å². The van der Waals surface area contributed by atoms with Gasteiger partial charge >= 0.3 is 0 Å². The van der Waals surface area contributed by atoms with E-state index in [1.165, 1.54) is 25.0 Å². The number of likely N-dealkylation sites (N-methyl/N-ethyl adjacent to an activating group) is 1. The van der Waals surface area contributed by atoms with Gasteiger partial charge in [-0.25, -0.2) is 0 Å². The summed E-state index contributed by atoms with van der Waals surface area (Å²) in [4.78, 5) is 2.36. The molecule has 0 radical (unpaired) electrons. The molecule has 1 unspecified atom stereocenters. The topological polar surface area (TPSA) is 29.3 Å². The summed E-state index contributed by atoms with van der Waals surface area (Å²) in [7, 11) is 2.15. The van der Waals surface area contributed by atoms with Crippen LogP contribution in [0.4, 0.5) is 0 Å². The van der Waals surface area contributed by atoms with Crippen LogP contribution in [-0.4, -0.2) is 24.5 Å². The smallest absolute Gasteiger partial charge is 0.0345 e. The second-order valence-corrected chi connectivity index (χ2v) is 3.39. The molecular weight excluding hydrogens is 160 g/mol. The molecule has 1 rings (SSSR count). The van der Waals surface area contributed by atoms with Gasteiger partial charge in [0.1, 0.15) is 0 Å². The van der Waals surface area contributed by atoms with Gasteiger partial charge in [-0.05, 0) is 44.3 Å². The van der Waals surface area contributed by atoms with Gasteiger partial charge in [0.25, 0.3) is 0 Å². The number of likely N-dealkylation sites (tertiary alicyclic amines) is 1. The minimum absolute atomic E-state index is 0.536. The monoisotopic (exact) mass is 178 g/mol. The molecule has 1 fully saturated rings. The highest BCUT2D eigenvalue weighted by molar-refractivity contribution is 5.28. The Balaban J connectivity index is 2.70. The first-order chi connectivity index (χ1) is 6.29. The average Bonchev–Trinajstić information content (AvgIpc) is 2.54. The summed E-state index contributed by atoms with van der Waals surface area (Å²) in [6.45, 7) is 5.01. The van der Waals surface area contributed by atoms with E-state index in [-0.39, 0.29) is 0 Å². The van der Waals surface area contributed by atoms with Gasteiger partial charge in [0.05, 0.1) is 0 Å². The molecule has 2 nitrogen and oxygen atoms in total. The number of nitrogens with zero attached hydrogens (tertiary/aromatic N) is 1. The Hall–Kier alpha value is -1.02. The van der Waals surface area contributed by atoms with Gasteiger partial charge < -0.3 is 5.73 Å². The van der Waals surface area contributed by atoms with Crippen molar-refractivity contribution in [1.82, 2.24) is 4.90 Å². The number of nitrogens with two attached hydrogens (primary N) is 1. The lowest BCUT2D eigenvalue weighted by atomic mass is 10.0. The molecule has 1 aliphatic heterocycles. The van der Waals surface area contributed by atoms with E-state index < -0.39 is 0 Å². The van der Waals surface area contributed by atoms with Crippen molar-refractivity contribution in [3.63, 3.8) is 0 Å². The molecule has 0 bridgehead atoms. The van der Waals surface area contributed by atoms with Crippen LogP contribution in [0.5, 0.6) is 0 Å². The van der Waals surface area contributed by atoms with E-state index in [2.05, 4.69) is 18.5 Å². The first-order valence-electron chi connectivity index (χ1n) is 4.70. The maximum Gasteiger partial charge on any atom is 0.0345 e. The molecule has 0 aromatic heterocycles. The van der Waals surface area contributed by atoms with Crippen molar-refractivity contribution in [2.24, 2.45) is 5.73 Å². The van der Waals surface area contributed by atoms with Crippen LogP contribution in [0.25, 0.3) is 0 Å². The fourth-order valence-corrected chi connectivity index (χ4v) is 1.81. The molecule has 1 aliphatic rings. The third-order valence-corrected chi connectivity index (χ3v) is 2.54. The molecule has 0 spiro atoms. The van der Waals surface area contributed by atoms with Crippen LogP contribution in [-0.2, 0) is 0 Å². The first kappa shape index (κ1) is 10.1. The van der Waals surface area contributed by atoms with Crippen molar-refractivity contribution in [2.75, 3.05) is 13.6 Å². The van der Waals surface area contributed by atoms with Crippen LogP contribution in [0.15, 0.2) is 36.6 Å². The van der Waals surface area contributed by atoms with Crippen LogP contribution in [0.1, 0.15) is 12.8 Å². The molecule has 2 heteroatoms. The van der Waals surface area contributed by atoms with Crippen LogP contribution in [0.2, 0.25) is 0 Å². The third kappa shape index (κ3) is 2.46. The maximum atomic E-state index is 5.29. The second kappa shape index (κ2) is 4.87. The molecule has 1 heterocycles. The lowest BCUT2D eigenvalue weighted by Crippen LogP contribution is -2.25. The van der Waals surface area contributed by atoms with Gasteiger partial charge in [0.2, 0.25) is 0 Å². The van der Waals surface area contributed by atoms with Crippen molar-refractivity contribution in [1.29, 1.82) is 0 Å². The van der Waals surface area contributed by atoms with Crippen LogP contribution >= 0.6 is 0 Å². The highest BCUT2D eigenvalue weighted by Crippen LogP contribution is 2.22. The molecule has 1 saturated heterocycles. The van der Waals surface area contributed by atoms with Gasteiger partial charge in [-0.3, -0.25) is 4.90 Å². The lowest BCUT2D eigenvalue weighted by molar-refractivity contribution is 0.349. The van der Waals surface area contributed by atoms with Gasteiger partial charge in [0, 0.05) is 6.04 Å². The van der Waals surface area contributed by atoms with E-state index in [0.29, 0.717) is 6.04 Å². The fraction of sp³-hybridized carbons (Fsp3) is 0.455. The van der Waals surface area contributed by atoms with Gasteiger partial charge in [-0.15, -0.1) is 0 Å². The predicted molar refractivity (Wildman–Crippen MR) is 57.3 cm³/mol. The fourth-order valence-electron chi connectivity index (χ4n) is 1.81. The highest BCUT2D eigenvalue weighted by Gasteiger charge is 2.22. The van der Waals surface area contributed by atoms with Crippen LogP contribution in [0, 0.1) is 0 Å². The lowest BCUT2D eigenvalue weighted by Gasteiger charge is -2.20. The summed E-state index contributed by atoms with van der Waals surface area (Å²) < 4.78 is 0. The Labute approximate surface area is 80.4 Å². The zero-order valence-corrected chi connectivity index (χ0v) is 8.24. The Kier molecular flexibility index (Phi) is 3.77. The van der Waals surface area contributed by atoms with Crippen molar-refractivity contribution < 1.29 is 0 Å². The maximum absolute atomic E-state index is 5.29. The minimum atomic E-state index is 0.536. The first-order valence-corrected chi connectivity index (χ1v) is 4.70. The van der Waals surface area contributed by atoms with Crippen LogP contribution in [0.3, 0.4) is 0 Å². The summed E-state index contributed by atoms with van der Waals surface area (Å²) in [5.74, 6) is 0. The van der Waals surface area contributed by atoms with Crippen molar-refractivity contribution in [2.45, 2.75) is 18.9 Å². The molecule has 13 heavy (non-hydrogen) atoms. The zero-order chi connectivity index (χ0) is 9.68. The van der Waals surface area contributed by atoms with Crippen molar-refractivity contribution in [3.05, 3.63) is 36.6 Å². The summed E-state index contributed by atoms with van der Waals surface area (Å²) in [6, 6.07) is 0.536. The van der Waals surface area contributed by atoms with Crippen molar-refractivity contribution in [3.8, 4) is 0 Å². The van der Waals surface area contributed by atoms with E-state index in [9.17, 15) is 0 Å². The van der Waals surface area contributed by atoms with E-state index in [4.69, 9.17) is 5.73 Å². The normalized spacial score (nSPS) is 25.6. The van der Waals surface area contributed by atoms with E-state index in [1.54, 1.807) is 6.20 Å².